The average molecular weight is 287 g/mol. The van der Waals surface area contributed by atoms with Gasteiger partial charge >= 0.3 is 0 Å². The summed E-state index contributed by atoms with van der Waals surface area (Å²) in [6.45, 7) is 0.730. The van der Waals surface area contributed by atoms with Crippen molar-refractivity contribution in [1.29, 1.82) is 0 Å². The van der Waals surface area contributed by atoms with Gasteiger partial charge in [0.25, 0.3) is 0 Å². The topological polar surface area (TPSA) is 73.6 Å². The van der Waals surface area contributed by atoms with Crippen molar-refractivity contribution in [2.24, 2.45) is 5.92 Å². The number of amides is 1. The van der Waals surface area contributed by atoms with Crippen LogP contribution < -0.4 is 15.8 Å². The molecule has 1 aliphatic carbocycles. The molecule has 0 atom stereocenters. The molecule has 0 spiro atoms. The highest BCUT2D eigenvalue weighted by molar-refractivity contribution is 5.94. The zero-order valence-corrected chi connectivity index (χ0v) is 11.7. The van der Waals surface area contributed by atoms with Crippen molar-refractivity contribution in [3.8, 4) is 5.75 Å². The lowest BCUT2D eigenvalue weighted by atomic mass is 10.2. The maximum atomic E-state index is 11.6. The predicted molar refractivity (Wildman–Crippen MR) is 76.8 cm³/mol. The molecule has 1 aromatic rings. The number of methoxy groups -OCH3 is 1. The Morgan fingerprint density at radius 1 is 1.47 bits per heavy atom. The largest absolute Gasteiger partial charge is 0.497 e. The van der Waals surface area contributed by atoms with Gasteiger partial charge in [0, 0.05) is 6.07 Å². The molecule has 6 heteroatoms. The van der Waals surface area contributed by atoms with Crippen LogP contribution in [-0.2, 0) is 9.53 Å². The molecule has 0 heterocycles. The lowest BCUT2D eigenvalue weighted by Crippen LogP contribution is -2.19. The molecular weight excluding hydrogens is 268 g/mol. The summed E-state index contributed by atoms with van der Waals surface area (Å²) in [7, 11) is 1.57. The second-order valence-corrected chi connectivity index (χ2v) is 4.46. The smallest absolute Gasteiger partial charge is 0.250 e. The Labute approximate surface area is 118 Å². The first-order valence-electron chi connectivity index (χ1n) is 6.00. The van der Waals surface area contributed by atoms with E-state index in [1.807, 2.05) is 0 Å². The van der Waals surface area contributed by atoms with Crippen molar-refractivity contribution in [3.05, 3.63) is 18.2 Å². The monoisotopic (exact) mass is 286 g/mol. The third kappa shape index (κ3) is 4.96. The maximum absolute atomic E-state index is 11.6. The first-order valence-corrected chi connectivity index (χ1v) is 6.00. The van der Waals surface area contributed by atoms with Crippen molar-refractivity contribution >= 4 is 29.7 Å². The molecule has 5 nitrogen and oxygen atoms in total. The van der Waals surface area contributed by atoms with Crippen molar-refractivity contribution in [1.82, 2.24) is 0 Å². The number of nitrogen functional groups attached to an aromatic ring is 1. The molecule has 3 N–H and O–H groups in total. The molecule has 1 saturated carbocycles. The Kier molecular flexibility index (Phi) is 5.92. The molecule has 2 rings (SSSR count). The Morgan fingerprint density at radius 3 is 2.84 bits per heavy atom. The summed E-state index contributed by atoms with van der Waals surface area (Å²) in [6, 6.07) is 5.13. The van der Waals surface area contributed by atoms with Crippen LogP contribution in [0.4, 0.5) is 11.4 Å². The van der Waals surface area contributed by atoms with E-state index in [-0.39, 0.29) is 24.9 Å². The van der Waals surface area contributed by atoms with Crippen molar-refractivity contribution in [2.75, 3.05) is 31.4 Å². The highest BCUT2D eigenvalue weighted by Crippen LogP contribution is 2.28. The summed E-state index contributed by atoms with van der Waals surface area (Å²) in [4.78, 5) is 11.6. The summed E-state index contributed by atoms with van der Waals surface area (Å²) in [5.41, 5.74) is 6.82. The lowest BCUT2D eigenvalue weighted by molar-refractivity contribution is -0.120. The molecule has 0 aromatic heterocycles. The Morgan fingerprint density at radius 2 is 2.21 bits per heavy atom. The SMILES string of the molecule is COc1ccc(N)c(NC(=O)COCC2CC2)c1.Cl. The Hall–Kier alpha value is -1.46. The molecule has 0 saturated heterocycles. The van der Waals surface area contributed by atoms with Gasteiger partial charge in [-0.15, -0.1) is 12.4 Å². The molecule has 1 fully saturated rings. The highest BCUT2D eigenvalue weighted by Gasteiger charge is 2.21. The van der Waals surface area contributed by atoms with Gasteiger partial charge in [-0.1, -0.05) is 0 Å². The van der Waals surface area contributed by atoms with Gasteiger partial charge in [0.05, 0.1) is 25.1 Å². The zero-order valence-electron chi connectivity index (χ0n) is 10.8. The fraction of sp³-hybridized carbons (Fsp3) is 0.462. The quantitative estimate of drug-likeness (QED) is 0.785. The van der Waals surface area contributed by atoms with E-state index in [0.717, 1.165) is 0 Å². The van der Waals surface area contributed by atoms with Crippen molar-refractivity contribution in [2.45, 2.75) is 12.8 Å². The third-order valence-corrected chi connectivity index (χ3v) is 2.82. The molecule has 1 amide bonds. The lowest BCUT2D eigenvalue weighted by Gasteiger charge is -2.10. The van der Waals surface area contributed by atoms with E-state index in [2.05, 4.69) is 5.32 Å². The minimum absolute atomic E-state index is 0. The van der Waals surface area contributed by atoms with Crippen LogP contribution in [0.3, 0.4) is 0 Å². The number of benzene rings is 1. The molecule has 1 aliphatic rings. The van der Waals surface area contributed by atoms with Gasteiger partial charge in [-0.05, 0) is 30.9 Å². The second kappa shape index (κ2) is 7.21. The van der Waals surface area contributed by atoms with E-state index in [9.17, 15) is 4.79 Å². The van der Waals surface area contributed by atoms with Gasteiger partial charge in [-0.2, -0.15) is 0 Å². The molecule has 0 aliphatic heterocycles. The number of hydrogen-bond acceptors (Lipinski definition) is 4. The van der Waals surface area contributed by atoms with Crippen LogP contribution in [-0.4, -0.2) is 26.2 Å². The molecule has 19 heavy (non-hydrogen) atoms. The van der Waals surface area contributed by atoms with Crippen LogP contribution >= 0.6 is 12.4 Å². The van der Waals surface area contributed by atoms with E-state index in [1.165, 1.54) is 12.8 Å². The number of ether oxygens (including phenoxy) is 2. The van der Waals surface area contributed by atoms with Crippen LogP contribution in [0.2, 0.25) is 0 Å². The summed E-state index contributed by atoms with van der Waals surface area (Å²) >= 11 is 0. The molecule has 106 valence electrons. The maximum Gasteiger partial charge on any atom is 0.250 e. The number of nitrogens with two attached hydrogens (primary N) is 1. The van der Waals surface area contributed by atoms with E-state index in [1.54, 1.807) is 25.3 Å². The predicted octanol–water partition coefficient (Wildman–Crippen LogP) is 2.06. The fourth-order valence-corrected chi connectivity index (χ4v) is 1.56. The Bertz CT molecular complexity index is 436. The fourth-order valence-electron chi connectivity index (χ4n) is 1.56. The van der Waals surface area contributed by atoms with E-state index < -0.39 is 0 Å². The minimum atomic E-state index is -0.199. The third-order valence-electron chi connectivity index (χ3n) is 2.82. The number of anilines is 2. The summed E-state index contributed by atoms with van der Waals surface area (Å²) in [5.74, 6) is 1.11. The number of halogens is 1. The van der Waals surface area contributed by atoms with Crippen LogP contribution in [0.5, 0.6) is 5.75 Å². The number of carbonyl (C=O) groups excluding carboxylic acids is 1. The first kappa shape index (κ1) is 15.6. The van der Waals surface area contributed by atoms with Gasteiger partial charge in [-0.25, -0.2) is 0 Å². The minimum Gasteiger partial charge on any atom is -0.497 e. The van der Waals surface area contributed by atoms with Crippen molar-refractivity contribution in [3.63, 3.8) is 0 Å². The average Bonchev–Trinajstić information content (AvgIpc) is 3.16. The van der Waals surface area contributed by atoms with E-state index >= 15 is 0 Å². The molecule has 0 radical (unpaired) electrons. The van der Waals surface area contributed by atoms with Crippen LogP contribution in [0.15, 0.2) is 18.2 Å². The first-order chi connectivity index (χ1) is 8.69. The molecular formula is C13H19ClN2O3. The molecule has 0 bridgehead atoms. The van der Waals surface area contributed by atoms with Crippen LogP contribution in [0.1, 0.15) is 12.8 Å². The van der Waals surface area contributed by atoms with Gasteiger partial charge < -0.3 is 20.5 Å². The van der Waals surface area contributed by atoms with Crippen LogP contribution in [0.25, 0.3) is 0 Å². The number of rotatable bonds is 6. The summed E-state index contributed by atoms with van der Waals surface area (Å²) in [5, 5.41) is 2.71. The summed E-state index contributed by atoms with van der Waals surface area (Å²) in [6.07, 6.45) is 2.43. The van der Waals surface area contributed by atoms with Gasteiger partial charge in [0.2, 0.25) is 5.91 Å². The number of hydrogen-bond donors (Lipinski definition) is 2. The zero-order chi connectivity index (χ0) is 13.0. The Balaban J connectivity index is 0.00000180. The second-order valence-electron chi connectivity index (χ2n) is 4.46. The molecule has 1 aromatic carbocycles. The van der Waals surface area contributed by atoms with Gasteiger partial charge in [0.15, 0.2) is 0 Å². The highest BCUT2D eigenvalue weighted by atomic mass is 35.5. The standard InChI is InChI=1S/C13H18N2O3.ClH/c1-17-10-4-5-11(14)12(6-10)15-13(16)8-18-7-9-2-3-9;/h4-6,9H,2-3,7-8,14H2,1H3,(H,15,16);1H. The van der Waals surface area contributed by atoms with E-state index in [4.69, 9.17) is 15.2 Å². The normalized spacial score (nSPS) is 13.5. The number of nitrogens with one attached hydrogen (secondary N) is 1. The van der Waals surface area contributed by atoms with Crippen molar-refractivity contribution < 1.29 is 14.3 Å². The van der Waals surface area contributed by atoms with Gasteiger partial charge in [0.1, 0.15) is 12.4 Å². The van der Waals surface area contributed by atoms with E-state index in [0.29, 0.717) is 29.6 Å². The summed E-state index contributed by atoms with van der Waals surface area (Å²) < 4.78 is 10.4. The van der Waals surface area contributed by atoms with Gasteiger partial charge in [-0.3, -0.25) is 4.79 Å². The number of carbonyl (C=O) groups is 1. The molecule has 0 unspecified atom stereocenters. The van der Waals surface area contributed by atoms with Crippen LogP contribution in [0, 0.1) is 5.92 Å².